The molecule has 1 aromatic carbocycles. The number of hydrogen-bond acceptors (Lipinski definition) is 5. The molecule has 1 aliphatic carbocycles. The first-order valence-electron chi connectivity index (χ1n) is 8.10. The van der Waals surface area contributed by atoms with Gasteiger partial charge in [0.2, 0.25) is 10.0 Å². The van der Waals surface area contributed by atoms with E-state index in [0.717, 1.165) is 0 Å². The number of rotatable bonds is 3. The van der Waals surface area contributed by atoms with E-state index in [4.69, 9.17) is 14.7 Å². The standard InChI is InChI=1S/C17H22N2O4S/c1-13-11-14(12-18)3-4-15(13)24(20,21)19-16(2)5-7-17(8-6-16)22-9-10-23-17/h3-4,11,19H,5-10H2,1-2H3. The topological polar surface area (TPSA) is 88.4 Å². The molecule has 130 valence electrons. The Hall–Kier alpha value is -1.46. The van der Waals surface area contributed by atoms with Gasteiger partial charge in [0.1, 0.15) is 0 Å². The Morgan fingerprint density at radius 1 is 1.17 bits per heavy atom. The summed E-state index contributed by atoms with van der Waals surface area (Å²) in [5.41, 5.74) is 0.493. The number of nitrogens with one attached hydrogen (secondary N) is 1. The van der Waals surface area contributed by atoms with Crippen LogP contribution in [0.1, 0.15) is 43.7 Å². The van der Waals surface area contributed by atoms with E-state index in [0.29, 0.717) is 50.0 Å². The van der Waals surface area contributed by atoms with Crippen LogP contribution in [0.15, 0.2) is 23.1 Å². The minimum absolute atomic E-state index is 0.219. The number of benzene rings is 1. The van der Waals surface area contributed by atoms with Crippen molar-refractivity contribution < 1.29 is 17.9 Å². The van der Waals surface area contributed by atoms with Crippen molar-refractivity contribution in [1.29, 1.82) is 5.26 Å². The summed E-state index contributed by atoms with van der Waals surface area (Å²) >= 11 is 0. The maximum Gasteiger partial charge on any atom is 0.241 e. The van der Waals surface area contributed by atoms with E-state index >= 15 is 0 Å². The number of ether oxygens (including phenoxy) is 2. The Kier molecular flexibility index (Phi) is 4.43. The van der Waals surface area contributed by atoms with E-state index < -0.39 is 21.3 Å². The predicted molar refractivity (Wildman–Crippen MR) is 87.7 cm³/mol. The second-order valence-corrected chi connectivity index (χ2v) is 8.52. The van der Waals surface area contributed by atoms with E-state index in [2.05, 4.69) is 4.72 Å². The third-order valence-electron chi connectivity index (χ3n) is 4.90. The lowest BCUT2D eigenvalue weighted by molar-refractivity contribution is -0.184. The van der Waals surface area contributed by atoms with Crippen molar-refractivity contribution >= 4 is 10.0 Å². The third kappa shape index (κ3) is 3.33. The Morgan fingerprint density at radius 2 is 1.79 bits per heavy atom. The summed E-state index contributed by atoms with van der Waals surface area (Å²) in [7, 11) is -3.65. The summed E-state index contributed by atoms with van der Waals surface area (Å²) in [6.07, 6.45) is 2.67. The highest BCUT2D eigenvalue weighted by Crippen LogP contribution is 2.40. The van der Waals surface area contributed by atoms with Crippen LogP contribution >= 0.6 is 0 Å². The van der Waals surface area contributed by atoms with Crippen molar-refractivity contribution in [2.24, 2.45) is 0 Å². The van der Waals surface area contributed by atoms with Crippen LogP contribution in [0.25, 0.3) is 0 Å². The van der Waals surface area contributed by atoms with Crippen LogP contribution in [-0.2, 0) is 19.5 Å². The minimum atomic E-state index is -3.65. The van der Waals surface area contributed by atoms with Crippen molar-refractivity contribution in [1.82, 2.24) is 4.72 Å². The van der Waals surface area contributed by atoms with Gasteiger partial charge in [-0.3, -0.25) is 0 Å². The van der Waals surface area contributed by atoms with Crippen molar-refractivity contribution in [3.8, 4) is 6.07 Å². The lowest BCUT2D eigenvalue weighted by Gasteiger charge is -2.41. The van der Waals surface area contributed by atoms with Crippen molar-refractivity contribution in [2.75, 3.05) is 13.2 Å². The zero-order valence-electron chi connectivity index (χ0n) is 14.0. The van der Waals surface area contributed by atoms with E-state index in [1.165, 1.54) is 12.1 Å². The van der Waals surface area contributed by atoms with Crippen LogP contribution in [0.2, 0.25) is 0 Å². The monoisotopic (exact) mass is 350 g/mol. The fraction of sp³-hybridized carbons (Fsp3) is 0.588. The fourth-order valence-electron chi connectivity index (χ4n) is 3.47. The lowest BCUT2D eigenvalue weighted by Crippen LogP contribution is -2.52. The second-order valence-electron chi connectivity index (χ2n) is 6.87. The number of aryl methyl sites for hydroxylation is 1. The van der Waals surface area contributed by atoms with Gasteiger partial charge in [-0.05, 0) is 50.5 Å². The molecular weight excluding hydrogens is 328 g/mol. The van der Waals surface area contributed by atoms with Crippen LogP contribution < -0.4 is 4.72 Å². The van der Waals surface area contributed by atoms with Gasteiger partial charge < -0.3 is 9.47 Å². The average molecular weight is 350 g/mol. The van der Waals surface area contributed by atoms with E-state index in [1.807, 2.05) is 13.0 Å². The molecule has 0 atom stereocenters. The zero-order chi connectivity index (χ0) is 17.4. The molecule has 2 aliphatic rings. The molecule has 0 bridgehead atoms. The molecule has 0 amide bonds. The molecule has 2 fully saturated rings. The molecule has 1 aromatic rings. The van der Waals surface area contributed by atoms with Gasteiger partial charge in [-0.25, -0.2) is 13.1 Å². The van der Waals surface area contributed by atoms with Crippen LogP contribution in [0, 0.1) is 18.3 Å². The maximum absolute atomic E-state index is 12.8. The lowest BCUT2D eigenvalue weighted by atomic mass is 9.81. The molecule has 7 heteroatoms. The number of hydrogen-bond donors (Lipinski definition) is 1. The summed E-state index contributed by atoms with van der Waals surface area (Å²) in [4.78, 5) is 0.219. The van der Waals surface area contributed by atoms with Crippen LogP contribution in [0.3, 0.4) is 0 Å². The van der Waals surface area contributed by atoms with Gasteiger partial charge in [0.25, 0.3) is 0 Å². The molecule has 0 unspecified atom stereocenters. The highest BCUT2D eigenvalue weighted by Gasteiger charge is 2.45. The number of nitrogens with zero attached hydrogens (tertiary/aromatic N) is 1. The molecular formula is C17H22N2O4S. The first-order valence-corrected chi connectivity index (χ1v) is 9.59. The van der Waals surface area contributed by atoms with Crippen molar-refractivity contribution in [3.05, 3.63) is 29.3 Å². The van der Waals surface area contributed by atoms with Gasteiger partial charge in [-0.15, -0.1) is 0 Å². The molecule has 1 N–H and O–H groups in total. The van der Waals surface area contributed by atoms with Crippen molar-refractivity contribution in [3.63, 3.8) is 0 Å². The van der Waals surface area contributed by atoms with E-state index in [-0.39, 0.29) is 4.90 Å². The fourth-order valence-corrected chi connectivity index (χ4v) is 5.16. The molecule has 6 nitrogen and oxygen atoms in total. The minimum Gasteiger partial charge on any atom is -0.348 e. The van der Waals surface area contributed by atoms with E-state index in [1.54, 1.807) is 13.0 Å². The molecule has 1 spiro atoms. The summed E-state index contributed by atoms with van der Waals surface area (Å²) in [5.74, 6) is -0.519. The molecule has 1 heterocycles. The van der Waals surface area contributed by atoms with Crippen LogP contribution in [-0.4, -0.2) is 33.0 Å². The largest absolute Gasteiger partial charge is 0.348 e. The number of sulfonamides is 1. The molecule has 0 radical (unpaired) electrons. The summed E-state index contributed by atoms with van der Waals surface area (Å²) in [6.45, 7) is 4.83. The van der Waals surface area contributed by atoms with Gasteiger partial charge >= 0.3 is 0 Å². The Balaban J connectivity index is 1.76. The van der Waals surface area contributed by atoms with Gasteiger partial charge in [0.15, 0.2) is 5.79 Å². The van der Waals surface area contributed by atoms with E-state index in [9.17, 15) is 8.42 Å². The first kappa shape index (κ1) is 17.4. The Bertz CT molecular complexity index is 766. The molecule has 24 heavy (non-hydrogen) atoms. The summed E-state index contributed by atoms with van der Waals surface area (Å²) in [6, 6.07) is 6.63. The van der Waals surface area contributed by atoms with Crippen molar-refractivity contribution in [2.45, 2.75) is 55.8 Å². The second kappa shape index (κ2) is 6.12. The van der Waals surface area contributed by atoms with Gasteiger partial charge in [0.05, 0.1) is 29.7 Å². The van der Waals surface area contributed by atoms with Gasteiger partial charge in [-0.1, -0.05) is 0 Å². The molecule has 0 aromatic heterocycles. The first-order chi connectivity index (χ1) is 11.3. The maximum atomic E-state index is 12.8. The summed E-state index contributed by atoms with van der Waals surface area (Å²) < 4.78 is 39.8. The van der Waals surface area contributed by atoms with Gasteiger partial charge in [0, 0.05) is 18.4 Å². The smallest absolute Gasteiger partial charge is 0.241 e. The quantitative estimate of drug-likeness (QED) is 0.903. The Labute approximate surface area is 142 Å². The molecule has 1 aliphatic heterocycles. The zero-order valence-corrected chi connectivity index (χ0v) is 14.8. The SMILES string of the molecule is Cc1cc(C#N)ccc1S(=O)(=O)NC1(C)CCC2(CC1)OCCO2. The summed E-state index contributed by atoms with van der Waals surface area (Å²) in [5, 5.41) is 8.92. The van der Waals surface area contributed by atoms with Gasteiger partial charge in [-0.2, -0.15) is 5.26 Å². The highest BCUT2D eigenvalue weighted by atomic mass is 32.2. The molecule has 3 rings (SSSR count). The highest BCUT2D eigenvalue weighted by molar-refractivity contribution is 7.89. The average Bonchev–Trinajstić information content (AvgIpc) is 2.99. The predicted octanol–water partition coefficient (Wildman–Crippen LogP) is 2.22. The molecule has 1 saturated heterocycles. The third-order valence-corrected chi connectivity index (χ3v) is 6.70. The van der Waals surface area contributed by atoms with Crippen LogP contribution in [0.5, 0.6) is 0 Å². The normalized spacial score (nSPS) is 22.4. The van der Waals surface area contributed by atoms with Crippen LogP contribution in [0.4, 0.5) is 0 Å². The molecule has 1 saturated carbocycles. The number of nitriles is 1. The Morgan fingerprint density at radius 3 is 2.33 bits per heavy atom.